The van der Waals surface area contributed by atoms with E-state index in [4.69, 9.17) is 4.74 Å². The van der Waals surface area contributed by atoms with Crippen LogP contribution in [0.5, 0.6) is 0 Å². The molecule has 0 aliphatic carbocycles. The van der Waals surface area contributed by atoms with Crippen LogP contribution in [0.2, 0.25) is 0 Å². The second-order valence-corrected chi connectivity index (χ2v) is 13.2. The Kier molecular flexibility index (Phi) is 33.1. The van der Waals surface area contributed by atoms with Gasteiger partial charge in [-0.25, -0.2) is 4.79 Å². The first-order valence-corrected chi connectivity index (χ1v) is 19.0. The lowest BCUT2D eigenvalue weighted by atomic mass is 10.0. The number of carbonyl (C=O) groups excluding carboxylic acids is 1. The third kappa shape index (κ3) is 30.5. The van der Waals surface area contributed by atoms with E-state index >= 15 is 0 Å². The SMILES string of the molecule is CCCCCCCCCCCCCCCCCCC(C)=C(C)C(=O)OCCCCCCCCCCCCCCCC. The molecule has 0 aromatic carbocycles. The maximum absolute atomic E-state index is 12.4. The smallest absolute Gasteiger partial charge is 0.333 e. The van der Waals surface area contributed by atoms with E-state index in [1.54, 1.807) is 0 Å². The van der Waals surface area contributed by atoms with Gasteiger partial charge in [0.2, 0.25) is 0 Å². The highest BCUT2D eigenvalue weighted by Crippen LogP contribution is 2.18. The molecule has 0 rings (SSSR count). The van der Waals surface area contributed by atoms with Gasteiger partial charge in [0, 0.05) is 5.57 Å². The van der Waals surface area contributed by atoms with Crippen molar-refractivity contribution in [3.05, 3.63) is 11.1 Å². The fraction of sp³-hybridized carbons (Fsp3) is 0.923. The van der Waals surface area contributed by atoms with Crippen molar-refractivity contribution in [2.45, 2.75) is 227 Å². The van der Waals surface area contributed by atoms with Crippen LogP contribution in [0, 0.1) is 0 Å². The molecule has 0 saturated carbocycles. The molecule has 0 aliphatic rings. The van der Waals surface area contributed by atoms with Gasteiger partial charge in [-0.2, -0.15) is 0 Å². The zero-order valence-electron chi connectivity index (χ0n) is 28.9. The Bertz CT molecular complexity index is 564. The Morgan fingerprint density at radius 1 is 0.390 bits per heavy atom. The summed E-state index contributed by atoms with van der Waals surface area (Å²) >= 11 is 0. The predicted molar refractivity (Wildman–Crippen MR) is 184 cm³/mol. The molecule has 0 radical (unpaired) electrons. The molecule has 2 nitrogen and oxygen atoms in total. The van der Waals surface area contributed by atoms with Crippen LogP contribution >= 0.6 is 0 Å². The summed E-state index contributed by atoms with van der Waals surface area (Å²) in [5.41, 5.74) is 2.07. The monoisotopic (exact) mass is 577 g/mol. The van der Waals surface area contributed by atoms with Crippen LogP contribution in [0.1, 0.15) is 227 Å². The van der Waals surface area contributed by atoms with E-state index in [0.717, 1.165) is 18.4 Å². The molecule has 0 aliphatic heterocycles. The Hall–Kier alpha value is -0.790. The summed E-state index contributed by atoms with van der Waals surface area (Å²) in [6, 6.07) is 0. The second-order valence-electron chi connectivity index (χ2n) is 13.2. The van der Waals surface area contributed by atoms with Crippen LogP contribution in [0.15, 0.2) is 11.1 Å². The van der Waals surface area contributed by atoms with Gasteiger partial charge in [0.25, 0.3) is 0 Å². The number of rotatable bonds is 33. The first kappa shape index (κ1) is 40.2. The van der Waals surface area contributed by atoms with Crippen molar-refractivity contribution in [3.8, 4) is 0 Å². The van der Waals surface area contributed by atoms with Gasteiger partial charge in [-0.1, -0.05) is 199 Å². The minimum atomic E-state index is -0.0892. The van der Waals surface area contributed by atoms with E-state index in [0.29, 0.717) is 6.61 Å². The average Bonchev–Trinajstić information content (AvgIpc) is 2.98. The molecule has 0 aromatic heterocycles. The first-order chi connectivity index (χ1) is 20.1. The van der Waals surface area contributed by atoms with E-state index < -0.39 is 0 Å². The molecule has 0 N–H and O–H groups in total. The van der Waals surface area contributed by atoms with E-state index in [9.17, 15) is 4.79 Å². The minimum absolute atomic E-state index is 0.0892. The van der Waals surface area contributed by atoms with Crippen LogP contribution in [-0.2, 0) is 9.53 Å². The third-order valence-corrected chi connectivity index (χ3v) is 9.08. The van der Waals surface area contributed by atoms with Crippen molar-refractivity contribution in [1.82, 2.24) is 0 Å². The van der Waals surface area contributed by atoms with Gasteiger partial charge in [-0.15, -0.1) is 0 Å². The van der Waals surface area contributed by atoms with Gasteiger partial charge in [0.15, 0.2) is 0 Å². The molecule has 0 unspecified atom stereocenters. The van der Waals surface area contributed by atoms with Gasteiger partial charge in [-0.3, -0.25) is 0 Å². The average molecular weight is 577 g/mol. The predicted octanol–water partition coefficient (Wildman–Crippen LogP) is 14.0. The molecule has 244 valence electrons. The lowest BCUT2D eigenvalue weighted by Crippen LogP contribution is -2.08. The van der Waals surface area contributed by atoms with Gasteiger partial charge in [0.05, 0.1) is 6.61 Å². The zero-order chi connectivity index (χ0) is 30.1. The maximum atomic E-state index is 12.4. The van der Waals surface area contributed by atoms with Gasteiger partial charge in [-0.05, 0) is 33.1 Å². The van der Waals surface area contributed by atoms with Crippen LogP contribution in [0.3, 0.4) is 0 Å². The molecule has 0 saturated heterocycles. The number of carbonyl (C=O) groups is 1. The number of unbranched alkanes of at least 4 members (excludes halogenated alkanes) is 28. The minimum Gasteiger partial charge on any atom is -0.462 e. The normalized spacial score (nSPS) is 12.1. The quantitative estimate of drug-likeness (QED) is 0.0441. The van der Waals surface area contributed by atoms with Gasteiger partial charge < -0.3 is 4.74 Å². The van der Waals surface area contributed by atoms with Crippen molar-refractivity contribution in [3.63, 3.8) is 0 Å². The van der Waals surface area contributed by atoms with Crippen molar-refractivity contribution in [2.75, 3.05) is 6.61 Å². The molecule has 0 bridgehead atoms. The molecule has 2 heteroatoms. The Morgan fingerprint density at radius 2 is 0.659 bits per heavy atom. The fourth-order valence-electron chi connectivity index (χ4n) is 5.87. The van der Waals surface area contributed by atoms with Gasteiger partial charge in [0.1, 0.15) is 0 Å². The highest BCUT2D eigenvalue weighted by atomic mass is 16.5. The van der Waals surface area contributed by atoms with Crippen molar-refractivity contribution in [2.24, 2.45) is 0 Å². The Balaban J connectivity index is 3.47. The number of esters is 1. The largest absolute Gasteiger partial charge is 0.462 e. The first-order valence-electron chi connectivity index (χ1n) is 19.0. The van der Waals surface area contributed by atoms with Crippen LogP contribution in [0.25, 0.3) is 0 Å². The lowest BCUT2D eigenvalue weighted by Gasteiger charge is -2.09. The molecule has 0 spiro atoms. The standard InChI is InChI=1S/C39H76O2/c1-5-7-9-11-13-15-17-19-21-22-23-25-27-29-31-33-35-37(3)38(4)39(40)41-36-34-32-30-28-26-24-20-18-16-14-12-10-8-6-2/h5-36H2,1-4H3. The zero-order valence-corrected chi connectivity index (χ0v) is 28.9. The number of allylic oxidation sites excluding steroid dienone is 1. The maximum Gasteiger partial charge on any atom is 0.333 e. The number of hydrogen-bond donors (Lipinski definition) is 0. The molecule has 0 heterocycles. The summed E-state index contributed by atoms with van der Waals surface area (Å²) in [4.78, 5) is 12.4. The number of ether oxygens (including phenoxy) is 1. The Morgan fingerprint density at radius 3 is 0.976 bits per heavy atom. The van der Waals surface area contributed by atoms with E-state index in [-0.39, 0.29) is 5.97 Å². The van der Waals surface area contributed by atoms with E-state index in [1.165, 1.54) is 192 Å². The topological polar surface area (TPSA) is 26.3 Å². The number of hydrogen-bond acceptors (Lipinski definition) is 2. The highest BCUT2D eigenvalue weighted by molar-refractivity contribution is 5.88. The molecule has 0 amide bonds. The molecule has 0 aromatic rings. The fourth-order valence-corrected chi connectivity index (χ4v) is 5.87. The molecule has 0 fully saturated rings. The van der Waals surface area contributed by atoms with Crippen molar-refractivity contribution >= 4 is 5.97 Å². The third-order valence-electron chi connectivity index (χ3n) is 9.08. The van der Waals surface area contributed by atoms with E-state index in [1.807, 2.05) is 6.92 Å². The molecule has 41 heavy (non-hydrogen) atoms. The molecule has 0 atom stereocenters. The highest BCUT2D eigenvalue weighted by Gasteiger charge is 2.09. The summed E-state index contributed by atoms with van der Waals surface area (Å²) in [5, 5.41) is 0. The van der Waals surface area contributed by atoms with Gasteiger partial charge >= 0.3 is 5.97 Å². The van der Waals surface area contributed by atoms with Crippen LogP contribution < -0.4 is 0 Å². The van der Waals surface area contributed by atoms with E-state index in [2.05, 4.69) is 20.8 Å². The molecular formula is C39H76O2. The summed E-state index contributed by atoms with van der Waals surface area (Å²) in [6.07, 6.45) is 42.3. The van der Waals surface area contributed by atoms with Crippen molar-refractivity contribution < 1.29 is 9.53 Å². The summed E-state index contributed by atoms with van der Waals surface area (Å²) in [7, 11) is 0. The summed E-state index contributed by atoms with van der Waals surface area (Å²) in [5.74, 6) is -0.0892. The lowest BCUT2D eigenvalue weighted by molar-refractivity contribution is -0.139. The van der Waals surface area contributed by atoms with Crippen molar-refractivity contribution in [1.29, 1.82) is 0 Å². The summed E-state index contributed by atoms with van der Waals surface area (Å²) in [6.45, 7) is 9.24. The Labute approximate surface area is 259 Å². The van der Waals surface area contributed by atoms with Crippen LogP contribution in [0.4, 0.5) is 0 Å². The molecular weight excluding hydrogens is 500 g/mol. The van der Waals surface area contributed by atoms with Crippen LogP contribution in [-0.4, -0.2) is 12.6 Å². The summed E-state index contributed by atoms with van der Waals surface area (Å²) < 4.78 is 5.57. The second kappa shape index (κ2) is 33.7.